The van der Waals surface area contributed by atoms with Gasteiger partial charge in [0.25, 0.3) is 0 Å². The van der Waals surface area contributed by atoms with Crippen molar-refractivity contribution in [2.24, 2.45) is 17.6 Å². The third-order valence-electron chi connectivity index (χ3n) is 5.14. The van der Waals surface area contributed by atoms with Crippen molar-refractivity contribution in [1.29, 1.82) is 0 Å². The van der Waals surface area contributed by atoms with E-state index >= 15 is 0 Å². The second-order valence-corrected chi connectivity index (χ2v) is 6.71. The summed E-state index contributed by atoms with van der Waals surface area (Å²) >= 11 is 0. The Morgan fingerprint density at radius 3 is 2.72 bits per heavy atom. The number of amides is 1. The van der Waals surface area contributed by atoms with Gasteiger partial charge in [-0.2, -0.15) is 0 Å². The molecule has 0 spiro atoms. The summed E-state index contributed by atoms with van der Waals surface area (Å²) in [7, 11) is 0. The van der Waals surface area contributed by atoms with Gasteiger partial charge in [0.2, 0.25) is 5.91 Å². The third kappa shape index (κ3) is 4.20. The number of carbonyl (C=O) groups is 1. The van der Waals surface area contributed by atoms with E-state index < -0.39 is 0 Å². The highest BCUT2D eigenvalue weighted by atomic mass is 16.5. The molecule has 0 unspecified atom stereocenters. The largest absolute Gasteiger partial charge is 0.489 e. The molecule has 1 saturated carbocycles. The van der Waals surface area contributed by atoms with Crippen LogP contribution in [0.2, 0.25) is 0 Å². The van der Waals surface area contributed by atoms with Gasteiger partial charge in [0.05, 0.1) is 0 Å². The number of nitrogens with two attached hydrogens (primary N) is 1. The summed E-state index contributed by atoms with van der Waals surface area (Å²) in [6.45, 7) is 3.09. The molecule has 1 aliphatic carbocycles. The van der Waals surface area contributed by atoms with Crippen molar-refractivity contribution in [2.75, 3.05) is 11.9 Å². The van der Waals surface area contributed by atoms with Crippen molar-refractivity contribution < 1.29 is 9.53 Å². The molecule has 0 heterocycles. The summed E-state index contributed by atoms with van der Waals surface area (Å²) in [6, 6.07) is 15.7. The van der Waals surface area contributed by atoms with Crippen LogP contribution >= 0.6 is 0 Å². The number of anilines is 1. The fourth-order valence-corrected chi connectivity index (χ4v) is 3.54. The van der Waals surface area contributed by atoms with Crippen molar-refractivity contribution in [2.45, 2.75) is 32.8 Å². The van der Waals surface area contributed by atoms with E-state index in [4.69, 9.17) is 10.5 Å². The van der Waals surface area contributed by atoms with Gasteiger partial charge >= 0.3 is 0 Å². The van der Waals surface area contributed by atoms with Crippen molar-refractivity contribution in [3.05, 3.63) is 59.7 Å². The van der Waals surface area contributed by atoms with E-state index in [9.17, 15) is 4.79 Å². The Kier molecular flexibility index (Phi) is 5.71. The molecular formula is C21H26N2O2. The van der Waals surface area contributed by atoms with Crippen LogP contribution in [0, 0.1) is 18.8 Å². The average molecular weight is 338 g/mol. The Hall–Kier alpha value is -2.33. The number of hydrogen-bond donors (Lipinski definition) is 2. The lowest BCUT2D eigenvalue weighted by atomic mass is 9.95. The van der Waals surface area contributed by atoms with Gasteiger partial charge in [0.1, 0.15) is 12.4 Å². The molecule has 1 amide bonds. The predicted octanol–water partition coefficient (Wildman–Crippen LogP) is 3.89. The minimum atomic E-state index is 0.0358. The zero-order valence-corrected chi connectivity index (χ0v) is 14.7. The highest BCUT2D eigenvalue weighted by molar-refractivity contribution is 5.93. The van der Waals surface area contributed by atoms with Crippen LogP contribution in [0.4, 0.5) is 5.69 Å². The van der Waals surface area contributed by atoms with E-state index in [1.807, 2.05) is 55.5 Å². The lowest BCUT2D eigenvalue weighted by Gasteiger charge is -2.19. The molecule has 2 atom stereocenters. The van der Waals surface area contributed by atoms with Gasteiger partial charge in [0, 0.05) is 11.6 Å². The molecule has 0 aliphatic heterocycles. The van der Waals surface area contributed by atoms with Crippen LogP contribution in [0.15, 0.2) is 48.5 Å². The summed E-state index contributed by atoms with van der Waals surface area (Å²) in [6.07, 6.45) is 3.08. The number of benzene rings is 2. The summed E-state index contributed by atoms with van der Waals surface area (Å²) in [5, 5.41) is 3.10. The fraction of sp³-hybridized carbons (Fsp3) is 0.381. The first-order valence-electron chi connectivity index (χ1n) is 8.96. The van der Waals surface area contributed by atoms with Gasteiger partial charge in [0.15, 0.2) is 0 Å². The molecule has 0 aromatic heterocycles. The van der Waals surface area contributed by atoms with Gasteiger partial charge in [-0.05, 0) is 61.6 Å². The standard InChI is InChI=1S/C21H26N2O2/c1-15-17(14-25-18-9-3-2-4-10-18)8-6-12-20(15)23-21(24)19-11-5-7-16(19)13-22/h2-4,6,8-10,12,16,19H,5,7,11,13-14,22H2,1H3,(H,23,24)/t16-,19-/m1/s1. The number of ether oxygens (including phenoxy) is 1. The zero-order chi connectivity index (χ0) is 17.6. The number of para-hydroxylation sites is 1. The summed E-state index contributed by atoms with van der Waals surface area (Å²) < 4.78 is 5.84. The number of hydrogen-bond acceptors (Lipinski definition) is 3. The van der Waals surface area contributed by atoms with Crippen molar-refractivity contribution >= 4 is 11.6 Å². The molecule has 132 valence electrons. The minimum Gasteiger partial charge on any atom is -0.489 e. The lowest BCUT2D eigenvalue weighted by Crippen LogP contribution is -2.30. The van der Waals surface area contributed by atoms with E-state index in [0.717, 1.165) is 41.8 Å². The molecule has 1 aliphatic rings. The second-order valence-electron chi connectivity index (χ2n) is 6.71. The summed E-state index contributed by atoms with van der Waals surface area (Å²) in [5.41, 5.74) is 8.79. The highest BCUT2D eigenvalue weighted by Crippen LogP contribution is 2.32. The van der Waals surface area contributed by atoms with Crippen molar-refractivity contribution in [1.82, 2.24) is 0 Å². The average Bonchev–Trinajstić information content (AvgIpc) is 3.12. The minimum absolute atomic E-state index is 0.0358. The maximum Gasteiger partial charge on any atom is 0.227 e. The second kappa shape index (κ2) is 8.17. The van der Waals surface area contributed by atoms with Crippen LogP contribution in [0.1, 0.15) is 30.4 Å². The number of carbonyl (C=O) groups excluding carboxylic acids is 1. The first-order chi connectivity index (χ1) is 12.2. The van der Waals surface area contributed by atoms with Crippen LogP contribution in [0.25, 0.3) is 0 Å². The molecule has 0 radical (unpaired) electrons. The zero-order valence-electron chi connectivity index (χ0n) is 14.7. The normalized spacial score (nSPS) is 19.6. The molecule has 2 aromatic carbocycles. The quantitative estimate of drug-likeness (QED) is 0.840. The van der Waals surface area contributed by atoms with Crippen LogP contribution < -0.4 is 15.8 Å². The van der Waals surface area contributed by atoms with E-state index in [2.05, 4.69) is 5.32 Å². The van der Waals surface area contributed by atoms with E-state index in [1.165, 1.54) is 0 Å². The highest BCUT2D eigenvalue weighted by Gasteiger charge is 2.32. The molecular weight excluding hydrogens is 312 g/mol. The molecule has 2 aromatic rings. The third-order valence-corrected chi connectivity index (χ3v) is 5.14. The van der Waals surface area contributed by atoms with Crippen molar-refractivity contribution in [3.63, 3.8) is 0 Å². The maximum atomic E-state index is 12.6. The molecule has 25 heavy (non-hydrogen) atoms. The van der Waals surface area contributed by atoms with Gasteiger partial charge in [-0.25, -0.2) is 0 Å². The lowest BCUT2D eigenvalue weighted by molar-refractivity contribution is -0.120. The molecule has 0 saturated heterocycles. The molecule has 1 fully saturated rings. The Labute approximate surface area is 149 Å². The van der Waals surface area contributed by atoms with Gasteiger partial charge in [-0.1, -0.05) is 36.8 Å². The predicted molar refractivity (Wildman–Crippen MR) is 100 cm³/mol. The van der Waals surface area contributed by atoms with Crippen molar-refractivity contribution in [3.8, 4) is 5.75 Å². The van der Waals surface area contributed by atoms with Gasteiger partial charge in [-0.15, -0.1) is 0 Å². The Bertz CT molecular complexity index is 715. The van der Waals surface area contributed by atoms with Gasteiger partial charge < -0.3 is 15.8 Å². The Morgan fingerprint density at radius 2 is 1.96 bits per heavy atom. The Balaban J connectivity index is 1.67. The monoisotopic (exact) mass is 338 g/mol. The topological polar surface area (TPSA) is 64.3 Å². The molecule has 3 rings (SSSR count). The summed E-state index contributed by atoms with van der Waals surface area (Å²) in [5.74, 6) is 1.28. The van der Waals surface area contributed by atoms with E-state index in [1.54, 1.807) is 0 Å². The SMILES string of the molecule is Cc1c(COc2ccccc2)cccc1NC(=O)[C@@H]1CCC[C@@H]1CN. The maximum absolute atomic E-state index is 12.6. The van der Waals surface area contributed by atoms with Gasteiger partial charge in [-0.3, -0.25) is 4.79 Å². The number of nitrogens with one attached hydrogen (secondary N) is 1. The summed E-state index contributed by atoms with van der Waals surface area (Å²) in [4.78, 5) is 12.6. The number of rotatable bonds is 6. The first kappa shape index (κ1) is 17.5. The van der Waals surface area contributed by atoms with Crippen LogP contribution in [-0.2, 0) is 11.4 Å². The first-order valence-corrected chi connectivity index (χ1v) is 8.96. The molecule has 4 heteroatoms. The van der Waals surface area contributed by atoms with E-state index in [-0.39, 0.29) is 11.8 Å². The Morgan fingerprint density at radius 1 is 1.16 bits per heavy atom. The molecule has 3 N–H and O–H groups in total. The molecule has 0 bridgehead atoms. The fourth-order valence-electron chi connectivity index (χ4n) is 3.54. The smallest absolute Gasteiger partial charge is 0.227 e. The van der Waals surface area contributed by atoms with E-state index in [0.29, 0.717) is 19.1 Å². The van der Waals surface area contributed by atoms with Crippen LogP contribution in [0.3, 0.4) is 0 Å². The molecule has 4 nitrogen and oxygen atoms in total. The van der Waals surface area contributed by atoms with Crippen LogP contribution in [0.5, 0.6) is 5.75 Å². The van der Waals surface area contributed by atoms with Crippen LogP contribution in [-0.4, -0.2) is 12.5 Å².